The van der Waals surface area contributed by atoms with E-state index in [9.17, 15) is 31.2 Å². The number of fused-ring (bicyclic) bond motifs is 1. The van der Waals surface area contributed by atoms with Crippen molar-refractivity contribution in [3.8, 4) is 5.75 Å². The Morgan fingerprint density at radius 3 is 1.97 bits per heavy atom. The third-order valence-electron chi connectivity index (χ3n) is 6.34. The molecule has 2 fully saturated rings. The van der Waals surface area contributed by atoms with Gasteiger partial charge in [-0.15, -0.1) is 13.2 Å². The lowest BCUT2D eigenvalue weighted by atomic mass is 10.0. The summed E-state index contributed by atoms with van der Waals surface area (Å²) in [5.74, 6) is -0.224. The Morgan fingerprint density at radius 1 is 0.914 bits per heavy atom. The highest BCUT2D eigenvalue weighted by Gasteiger charge is 2.43. The number of likely N-dealkylation sites (tertiary alicyclic amines) is 2. The average molecular weight is 512 g/mol. The van der Waals surface area contributed by atoms with Crippen LogP contribution in [0.15, 0.2) is 53.4 Å². The van der Waals surface area contributed by atoms with Crippen LogP contribution < -0.4 is 9.88 Å². The largest absolute Gasteiger partial charge is 0.573 e. The Hall–Kier alpha value is -3.12. The molecular formula is C23H24F3N3O5S. The van der Waals surface area contributed by atoms with Gasteiger partial charge in [-0.2, -0.15) is 0 Å². The third kappa shape index (κ3) is 6.12. The van der Waals surface area contributed by atoms with Crippen LogP contribution in [0.5, 0.6) is 5.75 Å². The molecular weight excluding hydrogens is 487 g/mol. The molecule has 2 aliphatic rings. The SMILES string of the molecule is NS(=O)(=O)c1ccc(C(=O)N2C[C@H]3CN(C(=O)CCc4ccc(OC(F)(F)F)cc4)C[C@H]3C2)cc1. The Labute approximate surface area is 200 Å². The summed E-state index contributed by atoms with van der Waals surface area (Å²) in [5, 5.41) is 5.09. The van der Waals surface area contributed by atoms with Crippen LogP contribution in [0.1, 0.15) is 22.3 Å². The summed E-state index contributed by atoms with van der Waals surface area (Å²) in [6.45, 7) is 2.09. The molecule has 2 aromatic rings. The molecule has 2 aliphatic heterocycles. The fraction of sp³-hybridized carbons (Fsp3) is 0.391. The lowest BCUT2D eigenvalue weighted by Crippen LogP contribution is -2.35. The summed E-state index contributed by atoms with van der Waals surface area (Å²) < 4.78 is 63.4. The van der Waals surface area contributed by atoms with Gasteiger partial charge in [0.1, 0.15) is 5.75 Å². The van der Waals surface area contributed by atoms with Gasteiger partial charge in [-0.3, -0.25) is 9.59 Å². The van der Waals surface area contributed by atoms with Gasteiger partial charge in [0.05, 0.1) is 4.90 Å². The van der Waals surface area contributed by atoms with E-state index in [1.54, 1.807) is 9.80 Å². The fourth-order valence-electron chi connectivity index (χ4n) is 4.60. The van der Waals surface area contributed by atoms with Crippen LogP contribution in [-0.2, 0) is 21.2 Å². The Kier molecular flexibility index (Phi) is 6.78. The smallest absolute Gasteiger partial charge is 0.406 e. The van der Waals surface area contributed by atoms with Gasteiger partial charge >= 0.3 is 6.36 Å². The number of benzene rings is 2. The number of carbonyl (C=O) groups excluding carboxylic acids is 2. The molecule has 35 heavy (non-hydrogen) atoms. The molecule has 2 heterocycles. The third-order valence-corrected chi connectivity index (χ3v) is 7.27. The van der Waals surface area contributed by atoms with Crippen LogP contribution in [0.2, 0.25) is 0 Å². The van der Waals surface area contributed by atoms with E-state index in [4.69, 9.17) is 5.14 Å². The molecule has 0 saturated carbocycles. The van der Waals surface area contributed by atoms with E-state index < -0.39 is 16.4 Å². The Bertz CT molecular complexity index is 1190. The number of rotatable bonds is 6. The van der Waals surface area contributed by atoms with Gasteiger partial charge in [-0.05, 0) is 48.4 Å². The van der Waals surface area contributed by atoms with E-state index in [-0.39, 0.29) is 40.7 Å². The van der Waals surface area contributed by atoms with Crippen molar-refractivity contribution < 1.29 is 35.9 Å². The summed E-state index contributed by atoms with van der Waals surface area (Å²) in [6.07, 6.45) is -4.11. The maximum atomic E-state index is 12.8. The van der Waals surface area contributed by atoms with E-state index in [0.717, 1.165) is 5.56 Å². The number of hydrogen-bond donors (Lipinski definition) is 1. The second-order valence-corrected chi connectivity index (χ2v) is 10.4. The maximum absolute atomic E-state index is 12.8. The van der Waals surface area contributed by atoms with Crippen LogP contribution in [-0.4, -0.2) is 62.6 Å². The molecule has 8 nitrogen and oxygen atoms in total. The fourth-order valence-corrected chi connectivity index (χ4v) is 5.11. The maximum Gasteiger partial charge on any atom is 0.573 e. The topological polar surface area (TPSA) is 110 Å². The number of carbonyl (C=O) groups is 2. The first-order valence-corrected chi connectivity index (χ1v) is 12.5. The first-order chi connectivity index (χ1) is 16.4. The molecule has 0 bridgehead atoms. The highest BCUT2D eigenvalue weighted by atomic mass is 32.2. The Morgan fingerprint density at radius 2 is 1.46 bits per heavy atom. The predicted octanol–water partition coefficient (Wildman–Crippen LogP) is 2.40. The number of nitrogens with two attached hydrogens (primary N) is 1. The summed E-state index contributed by atoms with van der Waals surface area (Å²) in [4.78, 5) is 28.9. The van der Waals surface area contributed by atoms with Crippen molar-refractivity contribution in [1.82, 2.24) is 9.80 Å². The van der Waals surface area contributed by atoms with Gasteiger partial charge < -0.3 is 14.5 Å². The van der Waals surface area contributed by atoms with Gasteiger partial charge in [-0.1, -0.05) is 12.1 Å². The quantitative estimate of drug-likeness (QED) is 0.641. The molecule has 0 radical (unpaired) electrons. The van der Waals surface area contributed by atoms with E-state index in [1.165, 1.54) is 48.5 Å². The number of ether oxygens (including phenoxy) is 1. The number of hydrogen-bond acceptors (Lipinski definition) is 5. The molecule has 0 spiro atoms. The van der Waals surface area contributed by atoms with Crippen LogP contribution >= 0.6 is 0 Å². The number of aryl methyl sites for hydroxylation is 1. The van der Waals surface area contributed by atoms with Crippen molar-refractivity contribution in [1.29, 1.82) is 0 Å². The highest BCUT2D eigenvalue weighted by Crippen LogP contribution is 2.32. The minimum absolute atomic E-state index is 0.0357. The molecule has 0 unspecified atom stereocenters. The number of amides is 2. The zero-order valence-corrected chi connectivity index (χ0v) is 19.4. The monoisotopic (exact) mass is 511 g/mol. The van der Waals surface area contributed by atoms with Crippen molar-refractivity contribution in [2.45, 2.75) is 24.1 Å². The van der Waals surface area contributed by atoms with Gasteiger partial charge in [0.2, 0.25) is 15.9 Å². The highest BCUT2D eigenvalue weighted by molar-refractivity contribution is 7.89. The number of sulfonamides is 1. The standard InChI is InChI=1S/C23H24F3N3O5S/c24-23(25,26)34-19-6-1-15(2-7-19)3-10-21(30)28-11-17-13-29(14-18(17)12-28)22(31)16-4-8-20(9-5-16)35(27,32)33/h1-2,4-9,17-18H,3,10-14H2,(H2,27,32,33)/t17-,18+. The first kappa shape index (κ1) is 25.0. The van der Waals surface area contributed by atoms with Crippen LogP contribution in [0.3, 0.4) is 0 Å². The Balaban J connectivity index is 1.26. The predicted molar refractivity (Wildman–Crippen MR) is 119 cm³/mol. The van der Waals surface area contributed by atoms with Gasteiger partial charge in [0, 0.05) is 50.0 Å². The number of halogens is 3. The summed E-state index contributed by atoms with van der Waals surface area (Å²) in [5.41, 5.74) is 1.11. The summed E-state index contributed by atoms with van der Waals surface area (Å²) in [7, 11) is -3.83. The molecule has 2 atom stereocenters. The van der Waals surface area contributed by atoms with Gasteiger partial charge in [-0.25, -0.2) is 13.6 Å². The molecule has 2 saturated heterocycles. The minimum atomic E-state index is -4.75. The molecule has 0 aromatic heterocycles. The molecule has 188 valence electrons. The molecule has 2 amide bonds. The van der Waals surface area contributed by atoms with Crippen LogP contribution in [0, 0.1) is 11.8 Å². The van der Waals surface area contributed by atoms with E-state index in [1.807, 2.05) is 0 Å². The van der Waals surface area contributed by atoms with Crippen molar-refractivity contribution >= 4 is 21.8 Å². The first-order valence-electron chi connectivity index (χ1n) is 10.9. The van der Waals surface area contributed by atoms with E-state index in [2.05, 4.69) is 4.74 Å². The lowest BCUT2D eigenvalue weighted by Gasteiger charge is -2.22. The van der Waals surface area contributed by atoms with Gasteiger partial charge in [0.15, 0.2) is 0 Å². The van der Waals surface area contributed by atoms with Crippen molar-refractivity contribution in [3.63, 3.8) is 0 Å². The second-order valence-electron chi connectivity index (χ2n) is 8.79. The van der Waals surface area contributed by atoms with Crippen molar-refractivity contribution in [2.75, 3.05) is 26.2 Å². The summed E-state index contributed by atoms with van der Waals surface area (Å²) in [6, 6.07) is 10.9. The van der Waals surface area contributed by atoms with Crippen molar-refractivity contribution in [2.24, 2.45) is 17.0 Å². The van der Waals surface area contributed by atoms with Gasteiger partial charge in [0.25, 0.3) is 5.91 Å². The zero-order chi connectivity index (χ0) is 25.4. The lowest BCUT2D eigenvalue weighted by molar-refractivity contribution is -0.274. The molecule has 0 aliphatic carbocycles. The number of primary sulfonamides is 1. The van der Waals surface area contributed by atoms with Crippen LogP contribution in [0.25, 0.3) is 0 Å². The van der Waals surface area contributed by atoms with Crippen molar-refractivity contribution in [3.05, 3.63) is 59.7 Å². The molecule has 4 rings (SSSR count). The summed E-state index contributed by atoms with van der Waals surface area (Å²) >= 11 is 0. The number of nitrogens with zero attached hydrogens (tertiary/aromatic N) is 2. The average Bonchev–Trinajstić information content (AvgIpc) is 3.36. The molecule has 2 aromatic carbocycles. The second kappa shape index (κ2) is 9.50. The zero-order valence-electron chi connectivity index (χ0n) is 18.6. The normalized spacial score (nSPS) is 20.1. The van der Waals surface area contributed by atoms with E-state index in [0.29, 0.717) is 38.2 Å². The number of alkyl halides is 3. The molecule has 2 N–H and O–H groups in total. The van der Waals surface area contributed by atoms with Crippen LogP contribution in [0.4, 0.5) is 13.2 Å². The minimum Gasteiger partial charge on any atom is -0.406 e. The van der Waals surface area contributed by atoms with E-state index >= 15 is 0 Å². The molecule has 12 heteroatoms.